The van der Waals surface area contributed by atoms with Crippen LogP contribution in [-0.4, -0.2) is 31.2 Å². The Hall–Kier alpha value is -3.65. The molecule has 1 atom stereocenters. The van der Waals surface area contributed by atoms with Gasteiger partial charge in [-0.25, -0.2) is 0 Å². The van der Waals surface area contributed by atoms with Crippen molar-refractivity contribution in [1.82, 2.24) is 20.2 Å². The fourth-order valence-corrected chi connectivity index (χ4v) is 3.74. The van der Waals surface area contributed by atoms with Crippen LogP contribution in [0.1, 0.15) is 10.8 Å². The molecule has 1 amide bonds. The molecule has 0 saturated heterocycles. The first-order valence-corrected chi connectivity index (χ1v) is 9.74. The zero-order valence-electron chi connectivity index (χ0n) is 15.2. The molecular weight excluding hydrogens is 386 g/mol. The van der Waals surface area contributed by atoms with E-state index >= 15 is 0 Å². The van der Waals surface area contributed by atoms with E-state index in [1.807, 2.05) is 60.7 Å². The smallest absolute Gasteiger partial charge is 0.242 e. The Morgan fingerprint density at radius 2 is 1.59 bits per heavy atom. The van der Waals surface area contributed by atoms with E-state index in [-0.39, 0.29) is 11.7 Å². The summed E-state index contributed by atoms with van der Waals surface area (Å²) in [6.45, 7) is 0. The molecule has 4 rings (SSSR count). The zero-order chi connectivity index (χ0) is 20.1. The summed E-state index contributed by atoms with van der Waals surface area (Å²) in [7, 11) is 0. The summed E-state index contributed by atoms with van der Waals surface area (Å²) in [5, 5.41) is 24.2. The van der Waals surface area contributed by atoms with Gasteiger partial charge in [0.1, 0.15) is 11.0 Å². The van der Waals surface area contributed by atoms with Crippen LogP contribution in [-0.2, 0) is 4.79 Å². The highest BCUT2D eigenvalue weighted by molar-refractivity contribution is 8.00. The molecule has 0 aliphatic carbocycles. The number of nitrogens with zero attached hydrogens (tertiary/aromatic N) is 4. The predicted octanol–water partition coefficient (Wildman–Crippen LogP) is 3.84. The molecule has 0 aliphatic rings. The van der Waals surface area contributed by atoms with Gasteiger partial charge < -0.3 is 10.4 Å². The minimum atomic E-state index is -0.557. The average Bonchev–Trinajstić information content (AvgIpc) is 3.22. The molecule has 1 heterocycles. The molecule has 29 heavy (non-hydrogen) atoms. The van der Waals surface area contributed by atoms with E-state index in [4.69, 9.17) is 0 Å². The van der Waals surface area contributed by atoms with Gasteiger partial charge in [-0.05, 0) is 52.4 Å². The lowest BCUT2D eigenvalue weighted by atomic mass is 10.1. The number of tetrazole rings is 1. The zero-order valence-corrected chi connectivity index (χ0v) is 16.0. The largest absolute Gasteiger partial charge is 0.508 e. The van der Waals surface area contributed by atoms with Crippen LogP contribution in [0.2, 0.25) is 0 Å². The predicted molar refractivity (Wildman–Crippen MR) is 111 cm³/mol. The number of phenolic OH excluding ortho intramolecular Hbond substituents is 1. The van der Waals surface area contributed by atoms with Crippen molar-refractivity contribution >= 4 is 23.4 Å². The van der Waals surface area contributed by atoms with Crippen LogP contribution in [0.15, 0.2) is 90.1 Å². The van der Waals surface area contributed by atoms with Gasteiger partial charge >= 0.3 is 0 Å². The van der Waals surface area contributed by atoms with Crippen molar-refractivity contribution in [2.45, 2.75) is 10.4 Å². The molecular formula is C21H17N5O2S. The maximum atomic E-state index is 13.1. The van der Waals surface area contributed by atoms with Crippen molar-refractivity contribution in [2.24, 2.45) is 0 Å². The number of carbonyl (C=O) groups excluding carboxylic acids is 1. The van der Waals surface area contributed by atoms with Crippen molar-refractivity contribution < 1.29 is 9.90 Å². The first kappa shape index (κ1) is 18.7. The van der Waals surface area contributed by atoms with E-state index in [1.54, 1.807) is 24.3 Å². The number of benzene rings is 3. The molecule has 0 radical (unpaired) electrons. The summed E-state index contributed by atoms with van der Waals surface area (Å²) in [5.74, 6) is -0.0203. The van der Waals surface area contributed by atoms with Gasteiger partial charge in [0.05, 0.1) is 5.69 Å². The number of carbonyl (C=O) groups is 1. The topological polar surface area (TPSA) is 92.9 Å². The quantitative estimate of drug-likeness (QED) is 0.475. The lowest BCUT2D eigenvalue weighted by molar-refractivity contribution is -0.115. The van der Waals surface area contributed by atoms with Crippen LogP contribution < -0.4 is 5.32 Å². The molecule has 2 N–H and O–H groups in total. The van der Waals surface area contributed by atoms with Gasteiger partial charge in [0.2, 0.25) is 11.1 Å². The maximum absolute atomic E-state index is 13.1. The minimum absolute atomic E-state index is 0.153. The maximum Gasteiger partial charge on any atom is 0.242 e. The number of para-hydroxylation sites is 1. The highest BCUT2D eigenvalue weighted by atomic mass is 32.2. The second kappa shape index (κ2) is 8.57. The van der Waals surface area contributed by atoms with Crippen LogP contribution in [0.4, 0.5) is 5.69 Å². The highest BCUT2D eigenvalue weighted by Gasteiger charge is 2.25. The lowest BCUT2D eigenvalue weighted by Crippen LogP contribution is -2.19. The van der Waals surface area contributed by atoms with Crippen molar-refractivity contribution in [2.75, 3.05) is 5.32 Å². The molecule has 144 valence electrons. The molecule has 3 aromatic carbocycles. The molecule has 0 spiro atoms. The molecule has 4 aromatic rings. The Bertz CT molecular complexity index is 1090. The van der Waals surface area contributed by atoms with E-state index in [0.717, 1.165) is 11.3 Å². The monoisotopic (exact) mass is 403 g/mol. The van der Waals surface area contributed by atoms with E-state index in [0.29, 0.717) is 10.8 Å². The minimum Gasteiger partial charge on any atom is -0.508 e. The Labute approximate surface area is 171 Å². The van der Waals surface area contributed by atoms with Gasteiger partial charge in [0.15, 0.2) is 0 Å². The fraction of sp³-hybridized carbons (Fsp3) is 0.0476. The summed E-state index contributed by atoms with van der Waals surface area (Å²) >= 11 is 1.25. The fourth-order valence-electron chi connectivity index (χ4n) is 2.74. The second-order valence-corrected chi connectivity index (χ2v) is 7.23. The number of phenols is 1. The van der Waals surface area contributed by atoms with Gasteiger partial charge in [-0.3, -0.25) is 4.79 Å². The van der Waals surface area contributed by atoms with Gasteiger partial charge in [0.25, 0.3) is 0 Å². The number of thioether (sulfide) groups is 1. The summed E-state index contributed by atoms with van der Waals surface area (Å²) in [6.07, 6.45) is 0. The third kappa shape index (κ3) is 4.44. The Morgan fingerprint density at radius 1 is 0.931 bits per heavy atom. The van der Waals surface area contributed by atoms with Crippen molar-refractivity contribution in [3.63, 3.8) is 0 Å². The van der Waals surface area contributed by atoms with Gasteiger partial charge in [-0.1, -0.05) is 60.3 Å². The van der Waals surface area contributed by atoms with Crippen molar-refractivity contribution in [3.8, 4) is 11.4 Å². The average molecular weight is 403 g/mol. The van der Waals surface area contributed by atoms with E-state index < -0.39 is 5.25 Å². The van der Waals surface area contributed by atoms with Crippen LogP contribution in [0.25, 0.3) is 5.69 Å². The Morgan fingerprint density at radius 3 is 2.28 bits per heavy atom. The number of rotatable bonds is 6. The van der Waals surface area contributed by atoms with E-state index in [9.17, 15) is 9.90 Å². The van der Waals surface area contributed by atoms with Gasteiger partial charge in [0, 0.05) is 5.69 Å². The number of hydrogen-bond acceptors (Lipinski definition) is 6. The third-order valence-corrected chi connectivity index (χ3v) is 5.33. The number of aromatic nitrogens is 4. The number of nitrogens with one attached hydrogen (secondary N) is 1. The first-order chi connectivity index (χ1) is 14.2. The van der Waals surface area contributed by atoms with Crippen LogP contribution in [0, 0.1) is 0 Å². The molecule has 1 unspecified atom stereocenters. The molecule has 7 nitrogen and oxygen atoms in total. The summed E-state index contributed by atoms with van der Waals surface area (Å²) in [4.78, 5) is 13.1. The molecule has 0 bridgehead atoms. The molecule has 1 aromatic heterocycles. The Balaban J connectivity index is 1.64. The number of anilines is 1. The third-order valence-electron chi connectivity index (χ3n) is 4.14. The molecule has 0 fully saturated rings. The molecule has 0 aliphatic heterocycles. The van der Waals surface area contributed by atoms with Gasteiger partial charge in [-0.15, -0.1) is 5.10 Å². The second-order valence-electron chi connectivity index (χ2n) is 6.15. The highest BCUT2D eigenvalue weighted by Crippen LogP contribution is 2.35. The first-order valence-electron chi connectivity index (χ1n) is 8.86. The standard InChI is InChI=1S/C21H17N5O2S/c27-18-13-11-17(12-14-18)26-21(23-24-25-26)29-19(15-7-3-1-4-8-15)20(28)22-16-9-5-2-6-10-16/h1-14,19,27H,(H,22,28). The summed E-state index contributed by atoms with van der Waals surface area (Å²) < 4.78 is 1.54. The van der Waals surface area contributed by atoms with Gasteiger partial charge in [-0.2, -0.15) is 4.68 Å². The summed E-state index contributed by atoms with van der Waals surface area (Å²) in [5.41, 5.74) is 2.24. The molecule has 0 saturated carbocycles. The Kier molecular flexibility index (Phi) is 5.53. The van der Waals surface area contributed by atoms with Crippen molar-refractivity contribution in [3.05, 3.63) is 90.5 Å². The van der Waals surface area contributed by atoms with E-state index in [2.05, 4.69) is 20.8 Å². The van der Waals surface area contributed by atoms with Crippen molar-refractivity contribution in [1.29, 1.82) is 0 Å². The lowest BCUT2D eigenvalue weighted by Gasteiger charge is -2.16. The van der Waals surface area contributed by atoms with Crippen LogP contribution in [0.3, 0.4) is 0 Å². The number of aromatic hydroxyl groups is 1. The normalized spacial score (nSPS) is 11.7. The molecule has 8 heteroatoms. The van der Waals surface area contributed by atoms with E-state index in [1.165, 1.54) is 16.4 Å². The number of hydrogen-bond donors (Lipinski definition) is 2. The summed E-state index contributed by atoms with van der Waals surface area (Å²) in [6, 6.07) is 25.3. The van der Waals surface area contributed by atoms with Crippen LogP contribution >= 0.6 is 11.8 Å². The SMILES string of the molecule is O=C(Nc1ccccc1)C(Sc1nnnn1-c1ccc(O)cc1)c1ccccc1. The van der Waals surface area contributed by atoms with Crippen LogP contribution in [0.5, 0.6) is 5.75 Å². The number of amides is 1.